The fourth-order valence-corrected chi connectivity index (χ4v) is 3.70. The van der Waals surface area contributed by atoms with Crippen LogP contribution in [0.25, 0.3) is 5.69 Å². The first-order chi connectivity index (χ1) is 14.7. The predicted molar refractivity (Wildman–Crippen MR) is 119 cm³/mol. The van der Waals surface area contributed by atoms with Gasteiger partial charge >= 0.3 is 6.03 Å². The number of nitrogens with zero attached hydrogens (tertiary/aromatic N) is 4. The summed E-state index contributed by atoms with van der Waals surface area (Å²) in [5.41, 5.74) is 3.97. The van der Waals surface area contributed by atoms with Crippen molar-refractivity contribution in [2.75, 3.05) is 29.9 Å². The molecule has 2 N–H and O–H groups in total. The van der Waals surface area contributed by atoms with Gasteiger partial charge in [0.2, 0.25) is 0 Å². The summed E-state index contributed by atoms with van der Waals surface area (Å²) >= 11 is 0. The first kappa shape index (κ1) is 19.9. The Morgan fingerprint density at radius 1 is 1.10 bits per heavy atom. The lowest BCUT2D eigenvalue weighted by molar-refractivity contribution is 0.252. The lowest BCUT2D eigenvalue weighted by Gasteiger charge is -2.16. The number of hydrogen-bond acceptors (Lipinski definition) is 4. The maximum absolute atomic E-state index is 12.1. The Bertz CT molecular complexity index is 961. The molecule has 0 radical (unpaired) electrons. The van der Waals surface area contributed by atoms with Gasteiger partial charge in [0.05, 0.1) is 23.3 Å². The molecule has 4 rings (SSSR count). The van der Waals surface area contributed by atoms with Crippen molar-refractivity contribution in [1.29, 1.82) is 0 Å². The lowest BCUT2D eigenvalue weighted by Crippen LogP contribution is -2.29. The Labute approximate surface area is 177 Å². The van der Waals surface area contributed by atoms with E-state index >= 15 is 0 Å². The molecule has 1 saturated heterocycles. The summed E-state index contributed by atoms with van der Waals surface area (Å²) in [4.78, 5) is 18.9. The van der Waals surface area contributed by atoms with Crippen molar-refractivity contribution in [1.82, 2.24) is 20.1 Å². The molecule has 1 aliphatic heterocycles. The normalized spacial score (nSPS) is 13.4. The minimum atomic E-state index is -0.206. The Morgan fingerprint density at radius 3 is 2.63 bits per heavy atom. The van der Waals surface area contributed by atoms with Gasteiger partial charge < -0.3 is 15.5 Å². The third-order valence-corrected chi connectivity index (χ3v) is 5.37. The molecular weight excluding hydrogens is 376 g/mol. The highest BCUT2D eigenvalue weighted by atomic mass is 16.2. The average Bonchev–Trinajstić information content (AvgIpc) is 3.43. The molecule has 156 valence electrons. The number of para-hydroxylation sites is 1. The van der Waals surface area contributed by atoms with Crippen molar-refractivity contribution >= 4 is 17.5 Å². The van der Waals surface area contributed by atoms with E-state index < -0.39 is 0 Å². The molecule has 0 spiro atoms. The number of urea groups is 1. The molecule has 7 heteroatoms. The van der Waals surface area contributed by atoms with E-state index in [2.05, 4.69) is 31.8 Å². The van der Waals surface area contributed by atoms with E-state index in [4.69, 9.17) is 0 Å². The van der Waals surface area contributed by atoms with Gasteiger partial charge in [-0.15, -0.1) is 0 Å². The van der Waals surface area contributed by atoms with E-state index in [9.17, 15) is 4.79 Å². The van der Waals surface area contributed by atoms with E-state index in [1.54, 1.807) is 6.20 Å². The van der Waals surface area contributed by atoms with Gasteiger partial charge in [-0.3, -0.25) is 0 Å². The SMILES string of the molecule is Cc1nn(-c2ccccc2)cc1CCCNC(=O)Nc1ccc(N2CCCC2)nc1. The van der Waals surface area contributed by atoms with E-state index in [-0.39, 0.29) is 6.03 Å². The van der Waals surface area contributed by atoms with Gasteiger partial charge in [-0.1, -0.05) is 18.2 Å². The molecular formula is C23H28N6O. The van der Waals surface area contributed by atoms with Crippen LogP contribution in [0.2, 0.25) is 0 Å². The fraction of sp³-hybridized carbons (Fsp3) is 0.348. The molecule has 3 heterocycles. The zero-order chi connectivity index (χ0) is 20.8. The van der Waals surface area contributed by atoms with Crippen molar-refractivity contribution in [2.24, 2.45) is 0 Å². The van der Waals surface area contributed by atoms with Gasteiger partial charge in [0.1, 0.15) is 5.82 Å². The van der Waals surface area contributed by atoms with Crippen LogP contribution < -0.4 is 15.5 Å². The highest BCUT2D eigenvalue weighted by molar-refractivity contribution is 5.89. The summed E-state index contributed by atoms with van der Waals surface area (Å²) in [6, 6.07) is 13.7. The molecule has 1 aromatic carbocycles. The maximum Gasteiger partial charge on any atom is 0.319 e. The number of rotatable bonds is 7. The van der Waals surface area contributed by atoms with Crippen molar-refractivity contribution in [2.45, 2.75) is 32.6 Å². The molecule has 0 bridgehead atoms. The van der Waals surface area contributed by atoms with Gasteiger partial charge in [0, 0.05) is 25.8 Å². The molecule has 0 saturated carbocycles. The highest BCUT2D eigenvalue weighted by Gasteiger charge is 2.13. The minimum Gasteiger partial charge on any atom is -0.357 e. The molecule has 7 nitrogen and oxygen atoms in total. The van der Waals surface area contributed by atoms with Crippen LogP contribution in [0.4, 0.5) is 16.3 Å². The maximum atomic E-state index is 12.1. The standard InChI is InChI=1S/C23H28N6O/c1-18-19(17-29(27-18)21-9-3-2-4-10-21)8-7-13-24-23(30)26-20-11-12-22(25-16-20)28-14-5-6-15-28/h2-4,9-12,16-17H,5-8,13-15H2,1H3,(H2,24,26,30). The molecule has 0 unspecified atom stereocenters. The number of benzene rings is 1. The molecule has 0 atom stereocenters. The zero-order valence-corrected chi connectivity index (χ0v) is 17.3. The molecule has 1 fully saturated rings. The van der Waals surface area contributed by atoms with Crippen LogP contribution in [0.3, 0.4) is 0 Å². The second-order valence-electron chi connectivity index (χ2n) is 7.60. The Hall–Kier alpha value is -3.35. The van der Waals surface area contributed by atoms with Crippen LogP contribution in [0.1, 0.15) is 30.5 Å². The van der Waals surface area contributed by atoms with E-state index in [0.29, 0.717) is 12.2 Å². The molecule has 2 amide bonds. The van der Waals surface area contributed by atoms with Crippen molar-refractivity contribution in [3.63, 3.8) is 0 Å². The van der Waals surface area contributed by atoms with Crippen LogP contribution in [0.5, 0.6) is 0 Å². The van der Waals surface area contributed by atoms with Crippen LogP contribution in [0, 0.1) is 6.92 Å². The topological polar surface area (TPSA) is 75.1 Å². The third-order valence-electron chi connectivity index (χ3n) is 5.37. The Kier molecular flexibility index (Phi) is 6.27. The largest absolute Gasteiger partial charge is 0.357 e. The zero-order valence-electron chi connectivity index (χ0n) is 17.3. The molecule has 3 aromatic rings. The summed E-state index contributed by atoms with van der Waals surface area (Å²) in [6.45, 7) is 4.74. The molecule has 1 aliphatic rings. The lowest BCUT2D eigenvalue weighted by atomic mass is 10.1. The highest BCUT2D eigenvalue weighted by Crippen LogP contribution is 2.19. The van der Waals surface area contributed by atoms with Crippen LogP contribution >= 0.6 is 0 Å². The summed E-state index contributed by atoms with van der Waals surface area (Å²) in [5, 5.41) is 10.4. The number of carbonyl (C=O) groups is 1. The number of carbonyl (C=O) groups excluding carboxylic acids is 1. The van der Waals surface area contributed by atoms with Crippen LogP contribution in [-0.2, 0) is 6.42 Å². The summed E-state index contributed by atoms with van der Waals surface area (Å²) in [7, 11) is 0. The predicted octanol–water partition coefficient (Wildman–Crippen LogP) is 3.93. The number of amides is 2. The van der Waals surface area contributed by atoms with Crippen molar-refractivity contribution in [3.05, 3.63) is 66.1 Å². The van der Waals surface area contributed by atoms with Crippen molar-refractivity contribution < 1.29 is 4.79 Å². The first-order valence-electron chi connectivity index (χ1n) is 10.6. The van der Waals surface area contributed by atoms with Crippen molar-refractivity contribution in [3.8, 4) is 5.69 Å². The van der Waals surface area contributed by atoms with Gasteiger partial charge in [-0.2, -0.15) is 5.10 Å². The van der Waals surface area contributed by atoms with Gasteiger partial charge in [0.15, 0.2) is 0 Å². The fourth-order valence-electron chi connectivity index (χ4n) is 3.70. The minimum absolute atomic E-state index is 0.206. The Balaban J connectivity index is 1.21. The van der Waals surface area contributed by atoms with E-state index in [1.165, 1.54) is 18.4 Å². The van der Waals surface area contributed by atoms with E-state index in [1.807, 2.05) is 54.1 Å². The monoisotopic (exact) mass is 404 g/mol. The molecule has 2 aromatic heterocycles. The smallest absolute Gasteiger partial charge is 0.319 e. The number of aromatic nitrogens is 3. The molecule has 0 aliphatic carbocycles. The Morgan fingerprint density at radius 2 is 1.90 bits per heavy atom. The third kappa shape index (κ3) is 4.97. The average molecular weight is 405 g/mol. The van der Waals surface area contributed by atoms with Crippen LogP contribution in [-0.4, -0.2) is 40.4 Å². The van der Waals surface area contributed by atoms with Gasteiger partial charge in [-0.05, 0) is 62.4 Å². The number of anilines is 2. The second kappa shape index (κ2) is 9.43. The second-order valence-corrected chi connectivity index (χ2v) is 7.60. The number of aryl methyl sites for hydroxylation is 2. The quantitative estimate of drug-likeness (QED) is 0.585. The summed E-state index contributed by atoms with van der Waals surface area (Å²) in [6.07, 6.45) is 7.94. The van der Waals surface area contributed by atoms with Gasteiger partial charge in [0.25, 0.3) is 0 Å². The van der Waals surface area contributed by atoms with Crippen LogP contribution in [0.15, 0.2) is 54.9 Å². The number of nitrogens with one attached hydrogen (secondary N) is 2. The first-order valence-corrected chi connectivity index (χ1v) is 10.6. The van der Waals surface area contributed by atoms with Gasteiger partial charge in [-0.25, -0.2) is 14.5 Å². The molecule has 30 heavy (non-hydrogen) atoms. The van der Waals surface area contributed by atoms with E-state index in [0.717, 1.165) is 43.1 Å². The number of hydrogen-bond donors (Lipinski definition) is 2. The number of pyridine rings is 1. The summed E-state index contributed by atoms with van der Waals surface area (Å²) < 4.78 is 1.91. The summed E-state index contributed by atoms with van der Waals surface area (Å²) in [5.74, 6) is 0.977.